The molecule has 0 fully saturated rings. The van der Waals surface area contributed by atoms with Crippen LogP contribution < -0.4 is 0 Å². The second-order valence-corrected chi connectivity index (χ2v) is 7.21. The van der Waals surface area contributed by atoms with Crippen molar-refractivity contribution in [2.75, 3.05) is 0 Å². The van der Waals surface area contributed by atoms with Crippen molar-refractivity contribution >= 4 is 38.1 Å². The minimum Gasteiger partial charge on any atom is -0.326 e. The molecule has 4 rings (SSSR count). The van der Waals surface area contributed by atoms with Gasteiger partial charge >= 0.3 is 16.5 Å². The first-order valence-corrected chi connectivity index (χ1v) is 10.6. The number of fused-ring (bicyclic) bond motifs is 2. The van der Waals surface area contributed by atoms with E-state index in [4.69, 9.17) is 9.79 Å². The molecule has 0 aliphatic rings. The van der Waals surface area contributed by atoms with E-state index in [1.807, 2.05) is 0 Å². The quantitative estimate of drug-likeness (QED) is 0.436. The lowest BCUT2D eigenvalue weighted by atomic mass is 10.1. The molecule has 0 aromatic heterocycles. The molecular weight excluding hydrogens is 382 g/mol. The third-order valence-corrected chi connectivity index (χ3v) is 4.89. The minimum absolute atomic E-state index is 1.31. The zero-order chi connectivity index (χ0) is 19.5. The maximum absolute atomic E-state index is 9.44. The predicted molar refractivity (Wildman–Crippen MR) is 111 cm³/mol. The summed E-state index contributed by atoms with van der Waals surface area (Å²) in [6.07, 6.45) is 0. The lowest BCUT2D eigenvalue weighted by Crippen LogP contribution is -1.67. The molecule has 0 radical (unpaired) electrons. The van der Waals surface area contributed by atoms with Gasteiger partial charge in [0.2, 0.25) is 0 Å². The molecule has 0 saturated heterocycles. The first-order chi connectivity index (χ1) is 13.1. The Balaban J connectivity index is 0.000000149. The fourth-order valence-electron chi connectivity index (χ4n) is 2.34. The van der Waals surface area contributed by atoms with Crippen LogP contribution in [0.1, 0.15) is 0 Å². The Morgan fingerprint density at radius 2 is 0.667 bits per heavy atom. The largest absolute Gasteiger partial charge is 0.326 e. The molecule has 140 valence electrons. The highest BCUT2D eigenvalue weighted by molar-refractivity contribution is 7.46. The van der Waals surface area contributed by atoms with Crippen LogP contribution in [0, 0.1) is 0 Å². The standard InChI is InChI=1S/2C10H8.H4O5P2/c2*1-2-6-10-8-4-3-7-9(10)5-1;1-6(2)5-7(3)4/h2*1-8H;6-7H,(H,1,2)(H,3,4). The summed E-state index contributed by atoms with van der Waals surface area (Å²) < 4.78 is 22.3. The fourth-order valence-corrected chi connectivity index (χ4v) is 2.94. The van der Waals surface area contributed by atoms with Gasteiger partial charge in [0, 0.05) is 0 Å². The lowest BCUT2D eigenvalue weighted by Gasteiger charge is -1.92. The summed E-state index contributed by atoms with van der Waals surface area (Å²) in [6, 6.07) is 33.4. The van der Waals surface area contributed by atoms with Crippen LogP contribution in [0.4, 0.5) is 0 Å². The molecule has 0 bridgehead atoms. The summed E-state index contributed by atoms with van der Waals surface area (Å²) in [5, 5.41) is 5.24. The topological polar surface area (TPSA) is 83.8 Å². The molecule has 7 heteroatoms. The molecule has 4 aromatic rings. The maximum Gasteiger partial charge on any atom is 0.323 e. The zero-order valence-electron chi connectivity index (χ0n) is 14.4. The summed E-state index contributed by atoms with van der Waals surface area (Å²) in [7, 11) is -6.40. The number of benzene rings is 4. The van der Waals surface area contributed by atoms with Crippen molar-refractivity contribution in [2.24, 2.45) is 0 Å². The Morgan fingerprint density at radius 1 is 0.481 bits per heavy atom. The zero-order valence-corrected chi connectivity index (χ0v) is 16.4. The van der Waals surface area contributed by atoms with Crippen molar-refractivity contribution in [3.05, 3.63) is 97.1 Å². The number of hydrogen-bond donors (Lipinski definition) is 2. The Morgan fingerprint density at radius 3 is 0.778 bits per heavy atom. The van der Waals surface area contributed by atoms with Gasteiger partial charge in [0.1, 0.15) is 0 Å². The van der Waals surface area contributed by atoms with Gasteiger partial charge in [-0.1, -0.05) is 97.1 Å². The van der Waals surface area contributed by atoms with Gasteiger partial charge in [0.15, 0.2) is 0 Å². The molecule has 4 aromatic carbocycles. The van der Waals surface area contributed by atoms with Gasteiger partial charge in [-0.25, -0.2) is 4.31 Å². The van der Waals surface area contributed by atoms with Crippen LogP contribution >= 0.6 is 16.5 Å². The van der Waals surface area contributed by atoms with E-state index >= 15 is 0 Å². The van der Waals surface area contributed by atoms with Crippen molar-refractivity contribution in [2.45, 2.75) is 0 Å². The fraction of sp³-hybridized carbons (Fsp3) is 0. The van der Waals surface area contributed by atoms with Crippen molar-refractivity contribution in [1.29, 1.82) is 0 Å². The van der Waals surface area contributed by atoms with E-state index in [9.17, 15) is 9.13 Å². The SMILES string of the molecule is O=[PH](O)O[PH](=O)O.c1ccc2ccccc2c1.c1ccc2ccccc2c1. The van der Waals surface area contributed by atoms with E-state index < -0.39 is 16.5 Å². The second-order valence-electron chi connectivity index (χ2n) is 5.33. The molecule has 0 aliphatic heterocycles. The minimum atomic E-state index is -3.20. The molecule has 27 heavy (non-hydrogen) atoms. The molecular formula is C20H20O5P2. The molecule has 2 unspecified atom stereocenters. The van der Waals surface area contributed by atoms with Crippen LogP contribution in [0.5, 0.6) is 0 Å². The van der Waals surface area contributed by atoms with Gasteiger partial charge < -0.3 is 9.79 Å². The molecule has 2 atom stereocenters. The Kier molecular flexibility index (Phi) is 8.93. The van der Waals surface area contributed by atoms with Gasteiger partial charge in [-0.05, 0) is 21.5 Å². The average Bonchev–Trinajstić information content (AvgIpc) is 2.68. The van der Waals surface area contributed by atoms with E-state index in [-0.39, 0.29) is 0 Å². The average molecular weight is 402 g/mol. The van der Waals surface area contributed by atoms with E-state index in [1.54, 1.807) is 0 Å². The van der Waals surface area contributed by atoms with Gasteiger partial charge in [0.25, 0.3) is 0 Å². The highest BCUT2D eigenvalue weighted by Gasteiger charge is 1.93. The summed E-state index contributed by atoms with van der Waals surface area (Å²) in [6.45, 7) is 0. The van der Waals surface area contributed by atoms with Crippen LogP contribution in [-0.2, 0) is 13.4 Å². The van der Waals surface area contributed by atoms with Crippen LogP contribution in [0.3, 0.4) is 0 Å². The molecule has 0 saturated carbocycles. The van der Waals surface area contributed by atoms with Crippen molar-refractivity contribution in [1.82, 2.24) is 0 Å². The molecule has 2 N–H and O–H groups in total. The predicted octanol–water partition coefficient (Wildman–Crippen LogP) is 5.45. The second kappa shape index (κ2) is 11.5. The third-order valence-electron chi connectivity index (χ3n) is 3.49. The maximum atomic E-state index is 9.44. The summed E-state index contributed by atoms with van der Waals surface area (Å²) >= 11 is 0. The Bertz CT molecular complexity index is 822. The summed E-state index contributed by atoms with van der Waals surface area (Å²) in [5.41, 5.74) is 0. The molecule has 0 amide bonds. The van der Waals surface area contributed by atoms with Crippen LogP contribution in [0.2, 0.25) is 0 Å². The Hall–Kier alpha value is -2.26. The van der Waals surface area contributed by atoms with Crippen LogP contribution in [-0.4, -0.2) is 9.79 Å². The highest BCUT2D eigenvalue weighted by Crippen LogP contribution is 2.30. The third kappa shape index (κ3) is 7.88. The van der Waals surface area contributed by atoms with E-state index in [0.29, 0.717) is 0 Å². The van der Waals surface area contributed by atoms with Gasteiger partial charge in [0.05, 0.1) is 0 Å². The van der Waals surface area contributed by atoms with E-state index in [2.05, 4.69) is 101 Å². The van der Waals surface area contributed by atoms with Crippen molar-refractivity contribution in [3.63, 3.8) is 0 Å². The molecule has 0 aliphatic carbocycles. The normalized spacial score (nSPS) is 12.2. The van der Waals surface area contributed by atoms with E-state index in [0.717, 1.165) is 0 Å². The monoisotopic (exact) mass is 402 g/mol. The summed E-state index contributed by atoms with van der Waals surface area (Å²) in [5.74, 6) is 0. The number of rotatable bonds is 2. The van der Waals surface area contributed by atoms with Gasteiger partial charge in [-0.2, -0.15) is 0 Å². The molecule has 5 nitrogen and oxygen atoms in total. The van der Waals surface area contributed by atoms with Crippen molar-refractivity contribution in [3.8, 4) is 0 Å². The molecule has 0 heterocycles. The van der Waals surface area contributed by atoms with Gasteiger partial charge in [-0.3, -0.25) is 9.13 Å². The lowest BCUT2D eigenvalue weighted by molar-refractivity contribution is 0.371. The first-order valence-electron chi connectivity index (χ1n) is 8.07. The van der Waals surface area contributed by atoms with Crippen molar-refractivity contribution < 1.29 is 23.2 Å². The van der Waals surface area contributed by atoms with Crippen LogP contribution in [0.25, 0.3) is 21.5 Å². The molecule has 0 spiro atoms. The Labute approximate surface area is 158 Å². The highest BCUT2D eigenvalue weighted by atomic mass is 31.2. The van der Waals surface area contributed by atoms with E-state index in [1.165, 1.54) is 21.5 Å². The number of hydrogen-bond acceptors (Lipinski definition) is 3. The first kappa shape index (κ1) is 21.0. The smallest absolute Gasteiger partial charge is 0.323 e. The van der Waals surface area contributed by atoms with Crippen LogP contribution in [0.15, 0.2) is 97.1 Å². The summed E-state index contributed by atoms with van der Waals surface area (Å²) in [4.78, 5) is 15.4. The van der Waals surface area contributed by atoms with Gasteiger partial charge in [-0.15, -0.1) is 0 Å².